The van der Waals surface area contributed by atoms with Crippen molar-refractivity contribution in [2.45, 2.75) is 12.8 Å². The lowest BCUT2D eigenvalue weighted by Gasteiger charge is -2.18. The van der Waals surface area contributed by atoms with E-state index in [1.54, 1.807) is 0 Å². The van der Waals surface area contributed by atoms with Gasteiger partial charge in [0.1, 0.15) is 0 Å². The van der Waals surface area contributed by atoms with Crippen molar-refractivity contribution >= 4 is 27.8 Å². The quantitative estimate of drug-likeness (QED) is 0.511. The zero-order valence-corrected chi connectivity index (χ0v) is 13.9. The molecular weight excluding hydrogens is 308 g/mol. The summed E-state index contributed by atoms with van der Waals surface area (Å²) in [6.07, 6.45) is 4.25. The molecule has 0 N–H and O–H groups in total. The predicted molar refractivity (Wildman–Crippen MR) is 102 cm³/mol. The molecule has 0 saturated carbocycles. The van der Waals surface area contributed by atoms with Gasteiger partial charge in [-0.2, -0.15) is 0 Å². The van der Waals surface area contributed by atoms with Gasteiger partial charge >= 0.3 is 0 Å². The number of anilines is 1. The van der Waals surface area contributed by atoms with E-state index < -0.39 is 0 Å². The van der Waals surface area contributed by atoms with E-state index in [9.17, 15) is 0 Å². The smallest absolute Gasteiger partial charge is 0.226 e. The lowest BCUT2D eigenvalue weighted by Crippen LogP contribution is -2.20. The fraction of sp³-hybridized carbons (Fsp3) is 0.190. The molecule has 4 heteroatoms. The molecule has 1 aliphatic heterocycles. The molecule has 3 heterocycles. The van der Waals surface area contributed by atoms with E-state index in [0.29, 0.717) is 0 Å². The Morgan fingerprint density at radius 2 is 1.56 bits per heavy atom. The molecule has 0 unspecified atom stereocenters. The van der Waals surface area contributed by atoms with Gasteiger partial charge in [0.15, 0.2) is 0 Å². The monoisotopic (exact) mass is 326 g/mol. The summed E-state index contributed by atoms with van der Waals surface area (Å²) in [5.41, 5.74) is 4.07. The lowest BCUT2D eigenvalue weighted by atomic mass is 10.0. The van der Waals surface area contributed by atoms with Crippen molar-refractivity contribution in [3.8, 4) is 11.3 Å². The molecule has 5 rings (SSSR count). The second-order valence-corrected chi connectivity index (χ2v) is 6.46. The highest BCUT2D eigenvalue weighted by Crippen LogP contribution is 2.33. The predicted octanol–water partition coefficient (Wildman–Crippen LogP) is 4.45. The minimum Gasteiger partial charge on any atom is -0.341 e. The third-order valence-corrected chi connectivity index (χ3v) is 4.87. The van der Waals surface area contributed by atoms with Crippen LogP contribution >= 0.6 is 0 Å². The van der Waals surface area contributed by atoms with Crippen LogP contribution in [-0.2, 0) is 0 Å². The molecule has 0 atom stereocenters. The van der Waals surface area contributed by atoms with Crippen LogP contribution < -0.4 is 4.90 Å². The van der Waals surface area contributed by atoms with Crippen molar-refractivity contribution < 1.29 is 0 Å². The van der Waals surface area contributed by atoms with Crippen LogP contribution in [0.15, 0.2) is 60.8 Å². The second kappa shape index (κ2) is 5.81. The van der Waals surface area contributed by atoms with Crippen LogP contribution in [0.1, 0.15) is 12.8 Å². The largest absolute Gasteiger partial charge is 0.341 e. The van der Waals surface area contributed by atoms with Crippen LogP contribution in [-0.4, -0.2) is 28.0 Å². The van der Waals surface area contributed by atoms with Crippen molar-refractivity contribution in [1.29, 1.82) is 0 Å². The van der Waals surface area contributed by atoms with Crippen molar-refractivity contribution in [2.75, 3.05) is 18.0 Å². The van der Waals surface area contributed by atoms with E-state index in [4.69, 9.17) is 9.97 Å². The highest BCUT2D eigenvalue weighted by atomic mass is 15.3. The summed E-state index contributed by atoms with van der Waals surface area (Å²) in [6, 6.07) is 18.6. The number of hydrogen-bond acceptors (Lipinski definition) is 4. The van der Waals surface area contributed by atoms with Gasteiger partial charge in [-0.05, 0) is 31.0 Å². The standard InChI is InChI=1S/C21H18N4/c1-2-7-15(8-3-1)20-19-16-9-6-12-22-17(16)10-11-18(19)23-21(24-20)25-13-4-5-14-25/h1-3,6-12H,4-5,13-14H2. The summed E-state index contributed by atoms with van der Waals surface area (Å²) in [4.78, 5) is 16.7. The second-order valence-electron chi connectivity index (χ2n) is 6.46. The van der Waals surface area contributed by atoms with E-state index in [1.165, 1.54) is 12.8 Å². The number of pyridine rings is 1. The molecule has 0 bridgehead atoms. The summed E-state index contributed by atoms with van der Waals surface area (Å²) in [6.45, 7) is 2.07. The SMILES string of the molecule is c1ccc(-c2nc(N3CCCC3)nc3ccc4ncccc4c23)cc1. The maximum Gasteiger partial charge on any atom is 0.226 e. The zero-order valence-electron chi connectivity index (χ0n) is 13.9. The Morgan fingerprint density at radius 1 is 0.760 bits per heavy atom. The van der Waals surface area contributed by atoms with Gasteiger partial charge in [0.25, 0.3) is 0 Å². The van der Waals surface area contributed by atoms with Crippen molar-refractivity contribution in [3.63, 3.8) is 0 Å². The molecule has 2 aromatic carbocycles. The van der Waals surface area contributed by atoms with Gasteiger partial charge in [0, 0.05) is 35.6 Å². The minimum atomic E-state index is 0.840. The summed E-state index contributed by atoms with van der Waals surface area (Å²) in [7, 11) is 0. The van der Waals surface area contributed by atoms with Crippen molar-refractivity contribution in [3.05, 3.63) is 60.8 Å². The first kappa shape index (κ1) is 14.3. The number of rotatable bonds is 2. The molecule has 0 radical (unpaired) electrons. The summed E-state index contributed by atoms with van der Waals surface area (Å²) >= 11 is 0. The van der Waals surface area contributed by atoms with E-state index in [1.807, 2.05) is 24.4 Å². The summed E-state index contributed by atoms with van der Waals surface area (Å²) in [5.74, 6) is 0.840. The van der Waals surface area contributed by atoms with Gasteiger partial charge in [0.05, 0.1) is 16.7 Å². The Balaban J connectivity index is 1.86. The number of fused-ring (bicyclic) bond motifs is 3. The molecule has 0 aliphatic carbocycles. The van der Waals surface area contributed by atoms with Crippen LogP contribution in [0.25, 0.3) is 33.1 Å². The van der Waals surface area contributed by atoms with Crippen LogP contribution in [0.4, 0.5) is 5.95 Å². The molecule has 1 aliphatic rings. The molecule has 0 spiro atoms. The normalized spacial score (nSPS) is 14.5. The Hall–Kier alpha value is -3.01. The van der Waals surface area contributed by atoms with Gasteiger partial charge in [-0.15, -0.1) is 0 Å². The van der Waals surface area contributed by atoms with E-state index in [-0.39, 0.29) is 0 Å². The number of aromatic nitrogens is 3. The van der Waals surface area contributed by atoms with E-state index >= 15 is 0 Å². The van der Waals surface area contributed by atoms with Gasteiger partial charge in [-0.25, -0.2) is 9.97 Å². The molecule has 1 fully saturated rings. The third-order valence-electron chi connectivity index (χ3n) is 4.87. The van der Waals surface area contributed by atoms with Gasteiger partial charge in [0.2, 0.25) is 5.95 Å². The lowest BCUT2D eigenvalue weighted by molar-refractivity contribution is 0.909. The maximum atomic E-state index is 4.99. The van der Waals surface area contributed by atoms with Gasteiger partial charge in [-0.3, -0.25) is 4.98 Å². The summed E-state index contributed by atoms with van der Waals surface area (Å²) < 4.78 is 0. The zero-order chi connectivity index (χ0) is 16.6. The highest BCUT2D eigenvalue weighted by molar-refractivity contribution is 6.11. The average Bonchev–Trinajstić information content (AvgIpc) is 3.22. The molecule has 122 valence electrons. The Labute approximate surface area is 146 Å². The summed E-state index contributed by atoms with van der Waals surface area (Å²) in [5, 5.41) is 2.19. The van der Waals surface area contributed by atoms with Gasteiger partial charge < -0.3 is 4.90 Å². The Bertz CT molecular complexity index is 1050. The Morgan fingerprint density at radius 3 is 2.40 bits per heavy atom. The van der Waals surface area contributed by atoms with Crippen LogP contribution in [0.5, 0.6) is 0 Å². The third kappa shape index (κ3) is 2.41. The van der Waals surface area contributed by atoms with Crippen LogP contribution in [0.3, 0.4) is 0 Å². The molecule has 4 aromatic rings. The maximum absolute atomic E-state index is 4.99. The van der Waals surface area contributed by atoms with Gasteiger partial charge in [-0.1, -0.05) is 36.4 Å². The molecule has 4 nitrogen and oxygen atoms in total. The van der Waals surface area contributed by atoms with Crippen LogP contribution in [0.2, 0.25) is 0 Å². The fourth-order valence-electron chi connectivity index (χ4n) is 3.64. The highest BCUT2D eigenvalue weighted by Gasteiger charge is 2.19. The fourth-order valence-corrected chi connectivity index (χ4v) is 3.64. The molecule has 1 saturated heterocycles. The first-order valence-corrected chi connectivity index (χ1v) is 8.76. The molecular formula is C21H18N4. The number of benzene rings is 2. The first-order valence-electron chi connectivity index (χ1n) is 8.76. The van der Waals surface area contributed by atoms with Crippen LogP contribution in [0, 0.1) is 0 Å². The molecule has 25 heavy (non-hydrogen) atoms. The number of nitrogens with zero attached hydrogens (tertiary/aromatic N) is 4. The minimum absolute atomic E-state index is 0.840. The average molecular weight is 326 g/mol. The first-order chi connectivity index (χ1) is 12.4. The van der Waals surface area contributed by atoms with E-state index in [0.717, 1.165) is 52.1 Å². The van der Waals surface area contributed by atoms with E-state index in [2.05, 4.69) is 46.3 Å². The molecule has 2 aromatic heterocycles. The molecule has 0 amide bonds. The van der Waals surface area contributed by atoms with Crippen molar-refractivity contribution in [2.24, 2.45) is 0 Å². The topological polar surface area (TPSA) is 41.9 Å². The van der Waals surface area contributed by atoms with Crippen molar-refractivity contribution in [1.82, 2.24) is 15.0 Å². The number of hydrogen-bond donors (Lipinski definition) is 0. The Kier molecular flexibility index (Phi) is 3.33.